The van der Waals surface area contributed by atoms with Gasteiger partial charge in [-0.2, -0.15) is 13.2 Å². The number of benzene rings is 1. The molecule has 1 aromatic rings. The SMILES string of the molecule is CCCN1CCC(N(CC2CCCCC2)C(=O)Nc2cccc(C(F)(F)F)c2)CC1. The second kappa shape index (κ2) is 10.5. The zero-order valence-corrected chi connectivity index (χ0v) is 17.9. The van der Waals surface area contributed by atoms with E-state index in [1.54, 1.807) is 0 Å². The van der Waals surface area contributed by atoms with Crippen LogP contribution in [0.1, 0.15) is 63.9 Å². The van der Waals surface area contributed by atoms with E-state index in [2.05, 4.69) is 17.1 Å². The van der Waals surface area contributed by atoms with Crippen LogP contribution in [-0.2, 0) is 6.18 Å². The minimum atomic E-state index is -4.42. The molecule has 0 radical (unpaired) electrons. The number of alkyl halides is 3. The minimum Gasteiger partial charge on any atom is -0.321 e. The van der Waals surface area contributed by atoms with Crippen LogP contribution >= 0.6 is 0 Å². The van der Waals surface area contributed by atoms with E-state index in [-0.39, 0.29) is 17.8 Å². The molecule has 7 heteroatoms. The third-order valence-corrected chi connectivity index (χ3v) is 6.42. The summed E-state index contributed by atoms with van der Waals surface area (Å²) in [6.45, 7) is 5.88. The highest BCUT2D eigenvalue weighted by Gasteiger charge is 2.32. The van der Waals surface area contributed by atoms with Gasteiger partial charge in [-0.05, 0) is 62.8 Å². The predicted octanol–water partition coefficient (Wildman–Crippen LogP) is 5.99. The van der Waals surface area contributed by atoms with Crippen molar-refractivity contribution in [3.05, 3.63) is 29.8 Å². The molecule has 0 atom stereocenters. The first-order valence-electron chi connectivity index (χ1n) is 11.3. The second-order valence-corrected chi connectivity index (χ2v) is 8.74. The summed E-state index contributed by atoms with van der Waals surface area (Å²) in [5.41, 5.74) is -0.543. The summed E-state index contributed by atoms with van der Waals surface area (Å²) in [5.74, 6) is 0.486. The van der Waals surface area contributed by atoms with Crippen LogP contribution in [0.25, 0.3) is 0 Å². The summed E-state index contributed by atoms with van der Waals surface area (Å²) in [4.78, 5) is 17.5. The van der Waals surface area contributed by atoms with Gasteiger partial charge < -0.3 is 15.1 Å². The van der Waals surface area contributed by atoms with Crippen LogP contribution in [-0.4, -0.2) is 48.1 Å². The summed E-state index contributed by atoms with van der Waals surface area (Å²) in [7, 11) is 0. The van der Waals surface area contributed by atoms with Gasteiger partial charge in [0.2, 0.25) is 0 Å². The molecule has 0 bridgehead atoms. The number of hydrogen-bond acceptors (Lipinski definition) is 2. The lowest BCUT2D eigenvalue weighted by Crippen LogP contribution is -2.50. The second-order valence-electron chi connectivity index (χ2n) is 8.74. The quantitative estimate of drug-likeness (QED) is 0.607. The number of nitrogens with zero attached hydrogens (tertiary/aromatic N) is 2. The highest BCUT2D eigenvalue weighted by molar-refractivity contribution is 5.89. The van der Waals surface area contributed by atoms with E-state index < -0.39 is 11.7 Å². The molecule has 2 fully saturated rings. The topological polar surface area (TPSA) is 35.6 Å². The summed E-state index contributed by atoms with van der Waals surface area (Å²) in [5, 5.41) is 2.75. The summed E-state index contributed by atoms with van der Waals surface area (Å²) >= 11 is 0. The molecule has 1 aliphatic carbocycles. The average Bonchev–Trinajstić information content (AvgIpc) is 2.73. The molecule has 1 N–H and O–H groups in total. The molecule has 168 valence electrons. The number of nitrogens with one attached hydrogen (secondary N) is 1. The number of hydrogen-bond donors (Lipinski definition) is 1. The molecule has 30 heavy (non-hydrogen) atoms. The van der Waals surface area contributed by atoms with Gasteiger partial charge in [-0.1, -0.05) is 32.3 Å². The minimum absolute atomic E-state index is 0.144. The molecular weight excluding hydrogens is 391 g/mol. The Bertz CT molecular complexity index is 681. The Morgan fingerprint density at radius 3 is 2.47 bits per heavy atom. The first kappa shape index (κ1) is 22.9. The Labute approximate surface area is 177 Å². The van der Waals surface area contributed by atoms with E-state index in [9.17, 15) is 18.0 Å². The molecule has 3 rings (SSSR count). The van der Waals surface area contributed by atoms with E-state index in [1.165, 1.54) is 31.4 Å². The Hall–Kier alpha value is -1.76. The van der Waals surface area contributed by atoms with Crippen LogP contribution in [0.2, 0.25) is 0 Å². The smallest absolute Gasteiger partial charge is 0.321 e. The molecule has 1 saturated carbocycles. The van der Waals surface area contributed by atoms with Gasteiger partial charge in [-0.15, -0.1) is 0 Å². The Balaban J connectivity index is 1.70. The van der Waals surface area contributed by atoms with Gasteiger partial charge in [0.25, 0.3) is 0 Å². The molecule has 1 saturated heterocycles. The predicted molar refractivity (Wildman–Crippen MR) is 113 cm³/mol. The Kier molecular flexibility index (Phi) is 8.03. The number of amides is 2. The number of carbonyl (C=O) groups is 1. The molecule has 2 aliphatic rings. The van der Waals surface area contributed by atoms with Gasteiger partial charge in [0.1, 0.15) is 0 Å². The monoisotopic (exact) mass is 425 g/mol. The molecule has 0 spiro atoms. The fourth-order valence-corrected chi connectivity index (χ4v) is 4.79. The van der Waals surface area contributed by atoms with Crippen LogP contribution in [0, 0.1) is 5.92 Å². The lowest BCUT2D eigenvalue weighted by atomic mass is 9.88. The number of urea groups is 1. The summed E-state index contributed by atoms with van der Waals surface area (Å²) < 4.78 is 39.1. The van der Waals surface area contributed by atoms with E-state index in [4.69, 9.17) is 0 Å². The van der Waals surface area contributed by atoms with Crippen molar-refractivity contribution >= 4 is 11.7 Å². The Morgan fingerprint density at radius 2 is 1.83 bits per heavy atom. The van der Waals surface area contributed by atoms with Crippen molar-refractivity contribution in [1.29, 1.82) is 0 Å². The van der Waals surface area contributed by atoms with E-state index in [0.717, 1.165) is 63.9 Å². The molecule has 0 aromatic heterocycles. The zero-order chi connectivity index (χ0) is 21.6. The van der Waals surface area contributed by atoms with Crippen LogP contribution in [0.3, 0.4) is 0 Å². The van der Waals surface area contributed by atoms with Crippen molar-refractivity contribution in [2.75, 3.05) is 31.5 Å². The van der Waals surface area contributed by atoms with Crippen molar-refractivity contribution in [3.63, 3.8) is 0 Å². The molecule has 4 nitrogen and oxygen atoms in total. The third-order valence-electron chi connectivity index (χ3n) is 6.42. The van der Waals surface area contributed by atoms with Gasteiger partial charge in [0, 0.05) is 31.4 Å². The molecular formula is C23H34F3N3O. The average molecular weight is 426 g/mol. The molecule has 2 amide bonds. The standard InChI is InChI=1S/C23H34F3N3O/c1-2-13-28-14-11-21(12-15-28)29(17-18-7-4-3-5-8-18)22(30)27-20-10-6-9-19(16-20)23(24,25)26/h6,9-10,16,18,21H,2-5,7-8,11-15,17H2,1H3,(H,27,30). The first-order valence-corrected chi connectivity index (χ1v) is 11.3. The van der Waals surface area contributed by atoms with Gasteiger partial charge >= 0.3 is 12.2 Å². The maximum absolute atomic E-state index is 13.2. The van der Waals surface area contributed by atoms with Crippen molar-refractivity contribution in [2.45, 2.75) is 70.5 Å². The van der Waals surface area contributed by atoms with Crippen molar-refractivity contribution in [2.24, 2.45) is 5.92 Å². The number of carbonyl (C=O) groups excluding carboxylic acids is 1. The number of likely N-dealkylation sites (tertiary alicyclic amines) is 1. The van der Waals surface area contributed by atoms with E-state index >= 15 is 0 Å². The number of anilines is 1. The third kappa shape index (κ3) is 6.37. The van der Waals surface area contributed by atoms with Crippen LogP contribution in [0.5, 0.6) is 0 Å². The lowest BCUT2D eigenvalue weighted by molar-refractivity contribution is -0.137. The van der Waals surface area contributed by atoms with E-state index in [1.807, 2.05) is 4.90 Å². The van der Waals surface area contributed by atoms with Crippen LogP contribution in [0.4, 0.5) is 23.7 Å². The first-order chi connectivity index (χ1) is 14.4. The van der Waals surface area contributed by atoms with Gasteiger partial charge in [-0.3, -0.25) is 0 Å². The molecule has 1 heterocycles. The fraction of sp³-hybridized carbons (Fsp3) is 0.696. The van der Waals surface area contributed by atoms with Crippen molar-refractivity contribution < 1.29 is 18.0 Å². The highest BCUT2D eigenvalue weighted by Crippen LogP contribution is 2.31. The van der Waals surface area contributed by atoms with Gasteiger partial charge in [0.15, 0.2) is 0 Å². The number of halogens is 3. The maximum Gasteiger partial charge on any atom is 0.416 e. The van der Waals surface area contributed by atoms with Crippen molar-refractivity contribution in [1.82, 2.24) is 9.80 Å². The maximum atomic E-state index is 13.2. The molecule has 0 unspecified atom stereocenters. The van der Waals surface area contributed by atoms with E-state index in [0.29, 0.717) is 12.5 Å². The number of piperidine rings is 1. The summed E-state index contributed by atoms with van der Waals surface area (Å²) in [6.07, 6.45) is 4.43. The highest BCUT2D eigenvalue weighted by atomic mass is 19.4. The summed E-state index contributed by atoms with van der Waals surface area (Å²) in [6, 6.07) is 4.78. The Morgan fingerprint density at radius 1 is 1.13 bits per heavy atom. The van der Waals surface area contributed by atoms with Crippen molar-refractivity contribution in [3.8, 4) is 0 Å². The van der Waals surface area contributed by atoms with Gasteiger partial charge in [0.05, 0.1) is 5.56 Å². The number of rotatable bonds is 6. The molecule has 1 aromatic carbocycles. The lowest BCUT2D eigenvalue weighted by Gasteiger charge is -2.40. The fourth-order valence-electron chi connectivity index (χ4n) is 4.79. The van der Waals surface area contributed by atoms with Crippen LogP contribution < -0.4 is 5.32 Å². The normalized spacial score (nSPS) is 19.6. The zero-order valence-electron chi connectivity index (χ0n) is 17.9. The largest absolute Gasteiger partial charge is 0.416 e. The van der Waals surface area contributed by atoms with Gasteiger partial charge in [-0.25, -0.2) is 4.79 Å². The molecule has 1 aliphatic heterocycles. The van der Waals surface area contributed by atoms with Crippen LogP contribution in [0.15, 0.2) is 24.3 Å².